The van der Waals surface area contributed by atoms with Crippen molar-refractivity contribution in [2.75, 3.05) is 5.73 Å². The van der Waals surface area contributed by atoms with E-state index in [9.17, 15) is 0 Å². The Morgan fingerprint density at radius 3 is 3.00 bits per heavy atom. The molecule has 1 fully saturated rings. The highest BCUT2D eigenvalue weighted by Gasteiger charge is 2.28. The van der Waals surface area contributed by atoms with Crippen LogP contribution in [0.2, 0.25) is 0 Å². The SMILES string of the molecule is Nc1nccn2c(C3CCC3)nc(C3=CC4C=CNC4C=C3)c12. The van der Waals surface area contributed by atoms with Gasteiger partial charge in [-0.05, 0) is 24.6 Å². The zero-order chi connectivity index (χ0) is 15.4. The molecule has 3 aliphatic rings. The largest absolute Gasteiger partial charge is 0.384 e. The number of hydrogen-bond donors (Lipinski definition) is 2. The minimum absolute atomic E-state index is 0.370. The standard InChI is InChI=1S/C18H19N5/c19-17-16-15(13-4-5-14-12(10-13)6-7-20-14)22-18(11-2-1-3-11)23(16)9-8-21-17/h4-12,14,20H,1-3H2,(H2,19,21). The van der Waals surface area contributed by atoms with Gasteiger partial charge in [0.1, 0.15) is 17.2 Å². The molecule has 5 rings (SSSR count). The van der Waals surface area contributed by atoms with Crippen LogP contribution in [0, 0.1) is 5.92 Å². The van der Waals surface area contributed by atoms with Crippen molar-refractivity contribution in [3.63, 3.8) is 0 Å². The van der Waals surface area contributed by atoms with Crippen LogP contribution >= 0.6 is 0 Å². The van der Waals surface area contributed by atoms with E-state index in [-0.39, 0.29) is 0 Å². The third-order valence-electron chi connectivity index (χ3n) is 5.23. The number of nitrogens with one attached hydrogen (secondary N) is 1. The number of hydrogen-bond acceptors (Lipinski definition) is 4. The Balaban J connectivity index is 1.69. The number of imidazole rings is 1. The number of nitrogens with zero attached hydrogens (tertiary/aromatic N) is 3. The Kier molecular flexibility index (Phi) is 2.65. The van der Waals surface area contributed by atoms with Crippen molar-refractivity contribution in [2.24, 2.45) is 5.92 Å². The summed E-state index contributed by atoms with van der Waals surface area (Å²) in [7, 11) is 0. The molecule has 0 bridgehead atoms. The Labute approximate surface area is 134 Å². The first-order valence-corrected chi connectivity index (χ1v) is 8.27. The van der Waals surface area contributed by atoms with Crippen molar-refractivity contribution < 1.29 is 0 Å². The molecule has 3 heterocycles. The smallest absolute Gasteiger partial charge is 0.150 e. The van der Waals surface area contributed by atoms with Crippen LogP contribution in [-0.2, 0) is 0 Å². The second-order valence-electron chi connectivity index (χ2n) is 6.59. The highest BCUT2D eigenvalue weighted by molar-refractivity contribution is 5.87. The Morgan fingerprint density at radius 1 is 1.26 bits per heavy atom. The number of aromatic nitrogens is 3. The van der Waals surface area contributed by atoms with E-state index in [0.29, 0.717) is 23.7 Å². The van der Waals surface area contributed by atoms with E-state index in [1.54, 1.807) is 6.20 Å². The Morgan fingerprint density at radius 2 is 2.17 bits per heavy atom. The maximum Gasteiger partial charge on any atom is 0.150 e. The van der Waals surface area contributed by atoms with E-state index in [1.165, 1.54) is 19.3 Å². The molecule has 3 N–H and O–H groups in total. The molecule has 0 spiro atoms. The highest BCUT2D eigenvalue weighted by atomic mass is 15.1. The van der Waals surface area contributed by atoms with E-state index in [2.05, 4.69) is 39.0 Å². The third kappa shape index (κ3) is 1.86. The summed E-state index contributed by atoms with van der Waals surface area (Å²) < 4.78 is 2.14. The van der Waals surface area contributed by atoms with E-state index in [4.69, 9.17) is 10.7 Å². The summed E-state index contributed by atoms with van der Waals surface area (Å²) >= 11 is 0. The fourth-order valence-electron chi connectivity index (χ4n) is 3.72. The molecule has 0 amide bonds. The van der Waals surface area contributed by atoms with E-state index in [1.807, 2.05) is 12.4 Å². The maximum absolute atomic E-state index is 6.19. The first-order valence-electron chi connectivity index (χ1n) is 8.27. The molecule has 0 saturated heterocycles. The summed E-state index contributed by atoms with van der Waals surface area (Å²) in [5.74, 6) is 2.62. The topological polar surface area (TPSA) is 68.2 Å². The van der Waals surface area contributed by atoms with Gasteiger partial charge in [0, 0.05) is 24.2 Å². The monoisotopic (exact) mass is 305 g/mol. The maximum atomic E-state index is 6.19. The molecule has 2 unspecified atom stereocenters. The predicted octanol–water partition coefficient (Wildman–Crippen LogP) is 2.63. The molecular weight excluding hydrogens is 286 g/mol. The number of nitrogens with two attached hydrogens (primary N) is 1. The van der Waals surface area contributed by atoms with Gasteiger partial charge in [-0.25, -0.2) is 9.97 Å². The summed E-state index contributed by atoms with van der Waals surface area (Å²) in [5, 5.41) is 3.35. The molecule has 2 aliphatic carbocycles. The lowest BCUT2D eigenvalue weighted by molar-refractivity contribution is 0.400. The summed E-state index contributed by atoms with van der Waals surface area (Å²) in [4.78, 5) is 9.27. The summed E-state index contributed by atoms with van der Waals surface area (Å²) in [6, 6.07) is 0.370. The zero-order valence-electron chi connectivity index (χ0n) is 12.8. The molecule has 0 radical (unpaired) electrons. The molecule has 2 atom stereocenters. The molecule has 116 valence electrons. The molecule has 5 nitrogen and oxygen atoms in total. The van der Waals surface area contributed by atoms with Gasteiger partial charge >= 0.3 is 0 Å². The number of rotatable bonds is 2. The highest BCUT2D eigenvalue weighted by Crippen LogP contribution is 2.39. The molecule has 0 aromatic carbocycles. The second kappa shape index (κ2) is 4.72. The van der Waals surface area contributed by atoms with E-state index in [0.717, 1.165) is 22.6 Å². The van der Waals surface area contributed by atoms with Crippen LogP contribution in [-0.4, -0.2) is 20.4 Å². The fraction of sp³-hybridized carbons (Fsp3) is 0.333. The van der Waals surface area contributed by atoms with Crippen LogP contribution in [0.5, 0.6) is 0 Å². The number of nitrogen functional groups attached to an aromatic ring is 1. The Bertz CT molecular complexity index is 869. The van der Waals surface area contributed by atoms with Crippen LogP contribution in [0.15, 0.2) is 42.9 Å². The lowest BCUT2D eigenvalue weighted by Crippen LogP contribution is -2.24. The van der Waals surface area contributed by atoms with Gasteiger partial charge in [-0.2, -0.15) is 0 Å². The van der Waals surface area contributed by atoms with Crippen molar-refractivity contribution in [3.05, 3.63) is 54.4 Å². The predicted molar refractivity (Wildman–Crippen MR) is 90.7 cm³/mol. The third-order valence-corrected chi connectivity index (χ3v) is 5.23. The summed E-state index contributed by atoms with van der Waals surface area (Å²) in [6.07, 6.45) is 18.3. The fourth-order valence-corrected chi connectivity index (χ4v) is 3.72. The molecule has 2 aromatic rings. The van der Waals surface area contributed by atoms with Crippen LogP contribution in [0.25, 0.3) is 11.1 Å². The van der Waals surface area contributed by atoms with Crippen molar-refractivity contribution >= 4 is 16.9 Å². The van der Waals surface area contributed by atoms with Gasteiger partial charge in [-0.1, -0.05) is 30.7 Å². The average Bonchev–Trinajstić information content (AvgIpc) is 3.10. The van der Waals surface area contributed by atoms with Gasteiger partial charge < -0.3 is 11.1 Å². The van der Waals surface area contributed by atoms with Crippen molar-refractivity contribution in [2.45, 2.75) is 31.2 Å². The minimum atomic E-state index is 0.370. The zero-order valence-corrected chi connectivity index (χ0v) is 12.8. The van der Waals surface area contributed by atoms with E-state index < -0.39 is 0 Å². The van der Waals surface area contributed by atoms with Gasteiger partial charge in [0.25, 0.3) is 0 Å². The molecule has 1 aliphatic heterocycles. The molecule has 2 aromatic heterocycles. The Hall–Kier alpha value is -2.56. The van der Waals surface area contributed by atoms with Crippen molar-refractivity contribution in [1.82, 2.24) is 19.7 Å². The number of fused-ring (bicyclic) bond motifs is 2. The van der Waals surface area contributed by atoms with Crippen LogP contribution in [0.3, 0.4) is 0 Å². The molecule has 5 heteroatoms. The summed E-state index contributed by atoms with van der Waals surface area (Å²) in [5.41, 5.74) is 9.24. The molecular formula is C18H19N5. The van der Waals surface area contributed by atoms with Crippen LogP contribution in [0.4, 0.5) is 5.82 Å². The van der Waals surface area contributed by atoms with Crippen LogP contribution in [0.1, 0.15) is 36.7 Å². The van der Waals surface area contributed by atoms with Crippen molar-refractivity contribution in [1.29, 1.82) is 0 Å². The summed E-state index contributed by atoms with van der Waals surface area (Å²) in [6.45, 7) is 0. The average molecular weight is 305 g/mol. The van der Waals surface area contributed by atoms with Gasteiger partial charge in [-0.3, -0.25) is 4.40 Å². The van der Waals surface area contributed by atoms with Gasteiger partial charge in [-0.15, -0.1) is 0 Å². The quantitative estimate of drug-likeness (QED) is 0.895. The second-order valence-corrected chi connectivity index (χ2v) is 6.59. The first-order chi connectivity index (χ1) is 11.3. The first kappa shape index (κ1) is 12.9. The van der Waals surface area contributed by atoms with Crippen molar-refractivity contribution in [3.8, 4) is 0 Å². The molecule has 23 heavy (non-hydrogen) atoms. The number of anilines is 1. The minimum Gasteiger partial charge on any atom is -0.384 e. The lowest BCUT2D eigenvalue weighted by Gasteiger charge is -2.23. The van der Waals surface area contributed by atoms with Crippen LogP contribution < -0.4 is 11.1 Å². The van der Waals surface area contributed by atoms with E-state index >= 15 is 0 Å². The van der Waals surface area contributed by atoms with Gasteiger partial charge in [0.15, 0.2) is 0 Å². The lowest BCUT2D eigenvalue weighted by atomic mass is 9.85. The van der Waals surface area contributed by atoms with Gasteiger partial charge in [0.05, 0.1) is 11.7 Å². The molecule has 1 saturated carbocycles. The number of allylic oxidation sites excluding steroid dienone is 2. The normalized spacial score (nSPS) is 26.0. The van der Waals surface area contributed by atoms with Gasteiger partial charge in [0.2, 0.25) is 0 Å².